The van der Waals surface area contributed by atoms with Gasteiger partial charge in [-0.3, -0.25) is 9.59 Å². The van der Waals surface area contributed by atoms with Crippen molar-refractivity contribution in [2.24, 2.45) is 0 Å². The quantitative estimate of drug-likeness (QED) is 0.442. The van der Waals surface area contributed by atoms with E-state index in [9.17, 15) is 9.59 Å². The second-order valence-electron chi connectivity index (χ2n) is 9.16. The summed E-state index contributed by atoms with van der Waals surface area (Å²) in [5.74, 6) is 0.319. The molecule has 34 heavy (non-hydrogen) atoms. The largest absolute Gasteiger partial charge is 0.357 e. The number of carbonyl (C=O) groups excluding carboxylic acids is 2. The number of rotatable bonds is 10. The second kappa shape index (κ2) is 12.2. The van der Waals surface area contributed by atoms with E-state index in [1.54, 1.807) is 11.9 Å². The molecular formula is C30H36N2O2. The normalized spacial score (nSPS) is 11.8. The number of carbonyl (C=O) groups is 2. The lowest BCUT2D eigenvalue weighted by Gasteiger charge is -2.31. The Bertz CT molecular complexity index is 1070. The smallest absolute Gasteiger partial charge is 0.242 e. The van der Waals surface area contributed by atoms with Crippen LogP contribution >= 0.6 is 0 Å². The van der Waals surface area contributed by atoms with Crippen molar-refractivity contribution in [3.63, 3.8) is 0 Å². The standard InChI is InChI=1S/C30H36N2O2/c1-22(2)26-17-14-24(15-18-26)16-19-29(33)32(21-27-13-9-8-10-23(27)3)28(30(34)31-4)20-25-11-6-5-7-12-25/h5-15,17-18,22,28H,16,19-21H2,1-4H3,(H,31,34)/t28-/m1/s1. The third kappa shape index (κ3) is 6.80. The number of amides is 2. The third-order valence-electron chi connectivity index (χ3n) is 6.39. The molecule has 0 heterocycles. The van der Waals surface area contributed by atoms with Crippen molar-refractivity contribution in [2.45, 2.75) is 58.5 Å². The van der Waals surface area contributed by atoms with Crippen LogP contribution in [0, 0.1) is 6.92 Å². The van der Waals surface area contributed by atoms with Gasteiger partial charge in [-0.1, -0.05) is 92.7 Å². The van der Waals surface area contributed by atoms with Crippen molar-refractivity contribution in [3.05, 3.63) is 107 Å². The van der Waals surface area contributed by atoms with E-state index in [-0.39, 0.29) is 11.8 Å². The third-order valence-corrected chi connectivity index (χ3v) is 6.39. The molecule has 0 spiro atoms. The fourth-order valence-electron chi connectivity index (χ4n) is 4.16. The molecule has 0 bridgehead atoms. The Kier molecular flexibility index (Phi) is 9.03. The zero-order valence-corrected chi connectivity index (χ0v) is 20.8. The number of nitrogens with one attached hydrogen (secondary N) is 1. The van der Waals surface area contributed by atoms with Gasteiger partial charge < -0.3 is 10.2 Å². The van der Waals surface area contributed by atoms with Gasteiger partial charge in [-0.05, 0) is 47.1 Å². The summed E-state index contributed by atoms with van der Waals surface area (Å²) in [7, 11) is 1.63. The molecule has 0 saturated heterocycles. The number of likely N-dealkylation sites (N-methyl/N-ethyl adjacent to an activating group) is 1. The van der Waals surface area contributed by atoms with E-state index in [1.807, 2.05) is 61.5 Å². The molecule has 1 N–H and O–H groups in total. The summed E-state index contributed by atoms with van der Waals surface area (Å²) in [6, 6.07) is 25.8. The van der Waals surface area contributed by atoms with Crippen LogP contribution in [0.25, 0.3) is 0 Å². The van der Waals surface area contributed by atoms with Gasteiger partial charge in [0.25, 0.3) is 0 Å². The Morgan fingerprint density at radius 1 is 0.853 bits per heavy atom. The van der Waals surface area contributed by atoms with Crippen LogP contribution < -0.4 is 5.32 Å². The fraction of sp³-hybridized carbons (Fsp3) is 0.333. The minimum atomic E-state index is -0.581. The van der Waals surface area contributed by atoms with E-state index in [4.69, 9.17) is 0 Å². The molecule has 4 nitrogen and oxygen atoms in total. The highest BCUT2D eigenvalue weighted by Crippen LogP contribution is 2.20. The first-order valence-corrected chi connectivity index (χ1v) is 12.1. The monoisotopic (exact) mass is 456 g/mol. The summed E-state index contributed by atoms with van der Waals surface area (Å²) in [6.45, 7) is 6.80. The zero-order valence-electron chi connectivity index (χ0n) is 20.8. The number of aryl methyl sites for hydroxylation is 2. The molecule has 3 rings (SSSR count). The van der Waals surface area contributed by atoms with Gasteiger partial charge in [0, 0.05) is 26.4 Å². The number of nitrogens with zero attached hydrogens (tertiary/aromatic N) is 1. The van der Waals surface area contributed by atoms with Crippen molar-refractivity contribution < 1.29 is 9.59 Å². The van der Waals surface area contributed by atoms with Gasteiger partial charge in [-0.15, -0.1) is 0 Å². The molecule has 3 aromatic carbocycles. The van der Waals surface area contributed by atoms with Crippen molar-refractivity contribution in [1.82, 2.24) is 10.2 Å². The molecule has 0 aliphatic rings. The second-order valence-corrected chi connectivity index (χ2v) is 9.16. The van der Waals surface area contributed by atoms with Gasteiger partial charge in [0.05, 0.1) is 0 Å². The zero-order chi connectivity index (χ0) is 24.5. The van der Waals surface area contributed by atoms with Gasteiger partial charge in [-0.25, -0.2) is 0 Å². The molecule has 3 aromatic rings. The minimum absolute atomic E-state index is 0.0132. The average Bonchev–Trinajstić information content (AvgIpc) is 2.86. The first kappa shape index (κ1) is 25.2. The van der Waals surface area contributed by atoms with E-state index in [1.165, 1.54) is 5.56 Å². The summed E-state index contributed by atoms with van der Waals surface area (Å²) in [6.07, 6.45) is 1.48. The first-order chi connectivity index (χ1) is 16.4. The van der Waals surface area contributed by atoms with Crippen LogP contribution in [-0.4, -0.2) is 29.8 Å². The molecule has 0 unspecified atom stereocenters. The Labute approximate surface area is 204 Å². The summed E-state index contributed by atoms with van der Waals surface area (Å²) in [4.78, 5) is 28.4. The molecule has 0 saturated carbocycles. The lowest BCUT2D eigenvalue weighted by Crippen LogP contribution is -2.49. The van der Waals surface area contributed by atoms with Crippen LogP contribution in [0.1, 0.15) is 54.0 Å². The molecular weight excluding hydrogens is 420 g/mol. The van der Waals surface area contributed by atoms with Gasteiger partial charge in [0.1, 0.15) is 6.04 Å². The summed E-state index contributed by atoms with van der Waals surface area (Å²) in [5.41, 5.74) is 5.62. The van der Waals surface area contributed by atoms with Crippen LogP contribution in [0.3, 0.4) is 0 Å². The van der Waals surface area contributed by atoms with Crippen LogP contribution in [0.2, 0.25) is 0 Å². The van der Waals surface area contributed by atoms with Crippen molar-refractivity contribution in [2.75, 3.05) is 7.05 Å². The molecule has 2 amide bonds. The number of hydrogen-bond donors (Lipinski definition) is 1. The Balaban J connectivity index is 1.85. The predicted octanol–water partition coefficient (Wildman–Crippen LogP) is 5.44. The van der Waals surface area contributed by atoms with Gasteiger partial charge in [0.2, 0.25) is 11.8 Å². The summed E-state index contributed by atoms with van der Waals surface area (Å²) >= 11 is 0. The van der Waals surface area contributed by atoms with Gasteiger partial charge >= 0.3 is 0 Å². The highest BCUT2D eigenvalue weighted by molar-refractivity contribution is 5.88. The maximum Gasteiger partial charge on any atom is 0.242 e. The van der Waals surface area contributed by atoms with Crippen molar-refractivity contribution >= 4 is 11.8 Å². The highest BCUT2D eigenvalue weighted by atomic mass is 16.2. The van der Waals surface area contributed by atoms with E-state index < -0.39 is 6.04 Å². The summed E-state index contributed by atoms with van der Waals surface area (Å²) in [5, 5.41) is 2.78. The summed E-state index contributed by atoms with van der Waals surface area (Å²) < 4.78 is 0. The molecule has 0 aliphatic heterocycles. The lowest BCUT2D eigenvalue weighted by atomic mass is 9.99. The van der Waals surface area contributed by atoms with Crippen molar-refractivity contribution in [1.29, 1.82) is 0 Å². The van der Waals surface area contributed by atoms with Gasteiger partial charge in [0.15, 0.2) is 0 Å². The molecule has 1 atom stereocenters. The molecule has 0 aliphatic carbocycles. The van der Waals surface area contributed by atoms with E-state index in [2.05, 4.69) is 43.4 Å². The molecule has 0 radical (unpaired) electrons. The number of hydrogen-bond acceptors (Lipinski definition) is 2. The van der Waals surface area contributed by atoms with Gasteiger partial charge in [-0.2, -0.15) is 0 Å². The lowest BCUT2D eigenvalue weighted by molar-refractivity contribution is -0.141. The topological polar surface area (TPSA) is 49.4 Å². The van der Waals surface area contributed by atoms with Crippen molar-refractivity contribution in [3.8, 4) is 0 Å². The van der Waals surface area contributed by atoms with Crippen LogP contribution in [0.5, 0.6) is 0 Å². The number of benzene rings is 3. The Morgan fingerprint density at radius 3 is 2.12 bits per heavy atom. The Hall–Kier alpha value is -3.40. The molecule has 0 fully saturated rings. The first-order valence-electron chi connectivity index (χ1n) is 12.1. The average molecular weight is 457 g/mol. The molecule has 0 aromatic heterocycles. The molecule has 178 valence electrons. The maximum absolute atomic E-state index is 13.6. The Morgan fingerprint density at radius 2 is 1.50 bits per heavy atom. The van der Waals surface area contributed by atoms with Crippen LogP contribution in [0.15, 0.2) is 78.9 Å². The minimum Gasteiger partial charge on any atom is -0.357 e. The van der Waals surface area contributed by atoms with E-state index in [0.717, 1.165) is 22.3 Å². The van der Waals surface area contributed by atoms with Crippen LogP contribution in [-0.2, 0) is 29.0 Å². The predicted molar refractivity (Wildman–Crippen MR) is 139 cm³/mol. The van der Waals surface area contributed by atoms with Crippen LogP contribution in [0.4, 0.5) is 0 Å². The highest BCUT2D eigenvalue weighted by Gasteiger charge is 2.29. The SMILES string of the molecule is CNC(=O)[C@@H](Cc1ccccc1)N(Cc1ccccc1C)C(=O)CCc1ccc(C(C)C)cc1. The molecule has 4 heteroatoms. The van der Waals surface area contributed by atoms with E-state index >= 15 is 0 Å². The maximum atomic E-state index is 13.6. The fourth-order valence-corrected chi connectivity index (χ4v) is 4.16. The van der Waals surface area contributed by atoms with E-state index in [0.29, 0.717) is 31.7 Å².